The van der Waals surface area contributed by atoms with Crippen molar-refractivity contribution in [1.29, 1.82) is 0 Å². The van der Waals surface area contributed by atoms with Gasteiger partial charge in [0, 0.05) is 24.3 Å². The maximum absolute atomic E-state index is 13.9. The van der Waals surface area contributed by atoms with Gasteiger partial charge in [-0.2, -0.15) is 17.9 Å². The van der Waals surface area contributed by atoms with Gasteiger partial charge in [-0.05, 0) is 85.5 Å². The molecule has 7 nitrogen and oxygen atoms in total. The first-order valence-corrected chi connectivity index (χ1v) is 15.1. The first kappa shape index (κ1) is 28.5. The van der Waals surface area contributed by atoms with E-state index in [1.807, 2.05) is 12.1 Å². The van der Waals surface area contributed by atoms with E-state index in [2.05, 4.69) is 21.3 Å². The topological polar surface area (TPSA) is 91.4 Å². The summed E-state index contributed by atoms with van der Waals surface area (Å²) in [6.07, 6.45) is 2.91. The summed E-state index contributed by atoms with van der Waals surface area (Å²) >= 11 is 0. The first-order valence-electron chi connectivity index (χ1n) is 13.6. The molecule has 1 fully saturated rings. The molecule has 1 aromatic heterocycles. The summed E-state index contributed by atoms with van der Waals surface area (Å²) in [7, 11) is -4.55. The number of aromatic nitrogens is 1. The van der Waals surface area contributed by atoms with E-state index in [4.69, 9.17) is 0 Å². The van der Waals surface area contributed by atoms with Crippen molar-refractivity contribution in [3.8, 4) is 0 Å². The molecule has 0 bridgehead atoms. The SMILES string of the molecule is O=C(C[C@H](NS(=O)(=O)c1ccc2cnccc2c1)C(F)(F)F)N[C@@H]1CCCc2cc(CN3CCCCC3)ccc21. The van der Waals surface area contributed by atoms with E-state index in [9.17, 15) is 26.4 Å². The summed E-state index contributed by atoms with van der Waals surface area (Å²) in [4.78, 5) is 18.9. The number of alkyl halides is 3. The number of hydrogen-bond acceptors (Lipinski definition) is 5. The van der Waals surface area contributed by atoms with Gasteiger partial charge in [0.05, 0.1) is 17.4 Å². The highest BCUT2D eigenvalue weighted by Gasteiger charge is 2.44. The molecule has 0 unspecified atom stereocenters. The fraction of sp³-hybridized carbons (Fsp3) is 0.448. The summed E-state index contributed by atoms with van der Waals surface area (Å²) < 4.78 is 69.2. The molecule has 2 aliphatic rings. The van der Waals surface area contributed by atoms with Gasteiger partial charge in [-0.1, -0.05) is 30.7 Å². The third kappa shape index (κ3) is 6.82. The van der Waals surface area contributed by atoms with Gasteiger partial charge in [0.2, 0.25) is 15.9 Å². The Morgan fingerprint density at radius 2 is 1.82 bits per heavy atom. The minimum Gasteiger partial charge on any atom is -0.349 e. The molecule has 3 aromatic rings. The fourth-order valence-corrected chi connectivity index (χ4v) is 6.90. The Labute approximate surface area is 232 Å². The van der Waals surface area contributed by atoms with Crippen molar-refractivity contribution in [1.82, 2.24) is 19.9 Å². The molecule has 1 aliphatic carbocycles. The molecule has 2 aromatic carbocycles. The Bertz CT molecular complexity index is 1470. The van der Waals surface area contributed by atoms with E-state index in [1.165, 1.54) is 55.4 Å². The van der Waals surface area contributed by atoms with Crippen LogP contribution in [-0.4, -0.2) is 49.5 Å². The van der Waals surface area contributed by atoms with Gasteiger partial charge in [0.25, 0.3) is 0 Å². The number of nitrogens with one attached hydrogen (secondary N) is 2. The van der Waals surface area contributed by atoms with Gasteiger partial charge in [0.15, 0.2) is 0 Å². The maximum Gasteiger partial charge on any atom is 0.405 e. The lowest BCUT2D eigenvalue weighted by Crippen LogP contribution is -2.48. The Hall–Kier alpha value is -3.02. The van der Waals surface area contributed by atoms with Crippen molar-refractivity contribution in [2.24, 2.45) is 0 Å². The van der Waals surface area contributed by atoms with Crippen LogP contribution in [0.25, 0.3) is 10.8 Å². The standard InChI is InChI=1S/C29H33F3N4O3S/c30-29(31,32)27(35-40(38,39)24-9-8-23-18-33-12-11-21(23)16-24)17-28(37)34-26-6-4-5-22-15-20(7-10-25(22)26)19-36-13-2-1-3-14-36/h7-12,15-16,18,26-27,35H,1-6,13-14,17,19H2,(H,34,37)/t26-,27+/m1/s1. The number of rotatable bonds is 8. The summed E-state index contributed by atoms with van der Waals surface area (Å²) in [5.41, 5.74) is 3.21. The van der Waals surface area contributed by atoms with Crippen LogP contribution in [0, 0.1) is 0 Å². The van der Waals surface area contributed by atoms with Gasteiger partial charge >= 0.3 is 6.18 Å². The molecule has 40 heavy (non-hydrogen) atoms. The van der Waals surface area contributed by atoms with Crippen LogP contribution >= 0.6 is 0 Å². The summed E-state index contributed by atoms with van der Waals surface area (Å²) in [6.45, 7) is 3.03. The normalized spacial score (nSPS) is 19.2. The number of amides is 1. The van der Waals surface area contributed by atoms with E-state index in [1.54, 1.807) is 10.8 Å². The summed E-state index contributed by atoms with van der Waals surface area (Å²) in [5.74, 6) is -0.857. The van der Waals surface area contributed by atoms with Crippen molar-refractivity contribution in [2.45, 2.75) is 74.6 Å². The highest BCUT2D eigenvalue weighted by atomic mass is 32.2. The zero-order valence-electron chi connectivity index (χ0n) is 22.1. The van der Waals surface area contributed by atoms with Crippen LogP contribution in [0.4, 0.5) is 13.2 Å². The van der Waals surface area contributed by atoms with Crippen LogP contribution in [0.1, 0.15) is 61.3 Å². The van der Waals surface area contributed by atoms with Crippen molar-refractivity contribution < 1.29 is 26.4 Å². The van der Waals surface area contributed by atoms with Gasteiger partial charge in [-0.15, -0.1) is 0 Å². The van der Waals surface area contributed by atoms with Crippen LogP contribution in [0.15, 0.2) is 59.8 Å². The van der Waals surface area contributed by atoms with Crippen LogP contribution in [0.3, 0.4) is 0 Å². The number of aryl methyl sites for hydroxylation is 1. The van der Waals surface area contributed by atoms with Crippen molar-refractivity contribution in [3.05, 3.63) is 71.5 Å². The first-order chi connectivity index (χ1) is 19.1. The highest BCUT2D eigenvalue weighted by molar-refractivity contribution is 7.89. The van der Waals surface area contributed by atoms with Crippen LogP contribution < -0.4 is 10.0 Å². The summed E-state index contributed by atoms with van der Waals surface area (Å²) in [5, 5.41) is 3.91. The van der Waals surface area contributed by atoms with E-state index in [-0.39, 0.29) is 4.90 Å². The number of hydrogen-bond donors (Lipinski definition) is 2. The quantitative estimate of drug-likeness (QED) is 0.395. The lowest BCUT2D eigenvalue weighted by atomic mass is 9.86. The number of likely N-dealkylation sites (tertiary alicyclic amines) is 1. The average Bonchev–Trinajstić information content (AvgIpc) is 2.92. The molecule has 2 atom stereocenters. The lowest BCUT2D eigenvalue weighted by Gasteiger charge is -2.30. The molecule has 0 spiro atoms. The molecule has 1 amide bonds. The minimum atomic E-state index is -4.96. The second-order valence-electron chi connectivity index (χ2n) is 10.7. The van der Waals surface area contributed by atoms with Crippen LogP contribution in [0.5, 0.6) is 0 Å². The van der Waals surface area contributed by atoms with Crippen LogP contribution in [-0.2, 0) is 27.8 Å². The number of benzene rings is 2. The van der Waals surface area contributed by atoms with Gasteiger partial charge in [0.1, 0.15) is 6.04 Å². The highest BCUT2D eigenvalue weighted by Crippen LogP contribution is 2.32. The molecule has 5 rings (SSSR count). The third-order valence-electron chi connectivity index (χ3n) is 7.72. The largest absolute Gasteiger partial charge is 0.405 e. The fourth-order valence-electron chi connectivity index (χ4n) is 5.64. The number of halogens is 3. The van der Waals surface area contributed by atoms with Crippen molar-refractivity contribution in [3.63, 3.8) is 0 Å². The lowest BCUT2D eigenvalue weighted by molar-refractivity contribution is -0.158. The molecule has 2 heterocycles. The smallest absolute Gasteiger partial charge is 0.349 e. The number of sulfonamides is 1. The minimum absolute atomic E-state index is 0.317. The molecule has 2 N–H and O–H groups in total. The van der Waals surface area contributed by atoms with Gasteiger partial charge in [-0.25, -0.2) is 8.42 Å². The van der Waals surface area contributed by atoms with Gasteiger partial charge in [-0.3, -0.25) is 14.7 Å². The van der Waals surface area contributed by atoms with E-state index in [0.29, 0.717) is 17.2 Å². The molecule has 1 saturated heterocycles. The maximum atomic E-state index is 13.9. The second-order valence-corrected chi connectivity index (χ2v) is 12.4. The molecule has 11 heteroatoms. The molecule has 0 radical (unpaired) electrons. The zero-order chi connectivity index (χ0) is 28.3. The Morgan fingerprint density at radius 3 is 2.60 bits per heavy atom. The molecule has 1 aliphatic heterocycles. The van der Waals surface area contributed by atoms with Crippen molar-refractivity contribution in [2.75, 3.05) is 13.1 Å². The molecule has 214 valence electrons. The number of fused-ring (bicyclic) bond motifs is 2. The molecular formula is C29H33F3N4O3S. The second kappa shape index (κ2) is 11.8. The number of carbonyl (C=O) groups is 1. The molecule has 0 saturated carbocycles. The number of nitrogens with zero attached hydrogens (tertiary/aromatic N) is 2. The summed E-state index contributed by atoms with van der Waals surface area (Å²) in [6, 6.07) is 8.72. The van der Waals surface area contributed by atoms with E-state index in [0.717, 1.165) is 43.6 Å². The monoisotopic (exact) mass is 574 g/mol. The third-order valence-corrected chi connectivity index (χ3v) is 9.19. The Kier molecular flexibility index (Phi) is 8.44. The number of pyridine rings is 1. The Morgan fingerprint density at radius 1 is 1.02 bits per heavy atom. The number of carbonyl (C=O) groups excluding carboxylic acids is 1. The predicted molar refractivity (Wildman–Crippen MR) is 146 cm³/mol. The van der Waals surface area contributed by atoms with E-state index < -0.39 is 40.6 Å². The van der Waals surface area contributed by atoms with Crippen LogP contribution in [0.2, 0.25) is 0 Å². The molecular weight excluding hydrogens is 541 g/mol. The van der Waals surface area contributed by atoms with Gasteiger partial charge < -0.3 is 5.32 Å². The average molecular weight is 575 g/mol. The Balaban J connectivity index is 1.26. The van der Waals surface area contributed by atoms with Crippen molar-refractivity contribution >= 4 is 26.7 Å². The number of piperidine rings is 1. The van der Waals surface area contributed by atoms with E-state index >= 15 is 0 Å². The predicted octanol–water partition coefficient (Wildman–Crippen LogP) is 5.01. The zero-order valence-corrected chi connectivity index (χ0v) is 22.9.